The maximum Gasteiger partial charge on any atom is 0.336 e. The highest BCUT2D eigenvalue weighted by atomic mass is 28.4. The van der Waals surface area contributed by atoms with E-state index in [0.29, 0.717) is 24.2 Å². The molecule has 8 nitrogen and oxygen atoms in total. The number of ether oxygens (including phenoxy) is 4. The second kappa shape index (κ2) is 14.1. The van der Waals surface area contributed by atoms with E-state index in [4.69, 9.17) is 23.4 Å². The van der Waals surface area contributed by atoms with Gasteiger partial charge in [0.25, 0.3) is 0 Å². The van der Waals surface area contributed by atoms with E-state index in [-0.39, 0.29) is 23.0 Å². The lowest BCUT2D eigenvalue weighted by atomic mass is 9.74. The van der Waals surface area contributed by atoms with Crippen molar-refractivity contribution in [3.05, 3.63) is 52.6 Å². The first kappa shape index (κ1) is 33.4. The number of cyclic esters (lactones) is 1. The van der Waals surface area contributed by atoms with Crippen LogP contribution in [0.1, 0.15) is 78.2 Å². The van der Waals surface area contributed by atoms with E-state index < -0.39 is 32.6 Å². The van der Waals surface area contributed by atoms with Crippen molar-refractivity contribution < 1.29 is 38.1 Å². The van der Waals surface area contributed by atoms with Crippen LogP contribution in [0.15, 0.2) is 47.1 Å². The standard InChI is InChI=1S/C34H50O8Si/c1-22(35)40-31-26-18-24(12-10-8-9-11-17-39-21-23-13-15-25(38-5)16-14-23)19-27(31)30-28(32(36)41-33(30)37)20-29(26)42-43(6,7)34(2,3)4/h13-16,19,26-27,29,31,33,37H,8-12,17-18,20-21H2,1-7H3/t26-,27+,29-,31+,33?/m1/s1. The number of allylic oxidation sites excluding steroid dienone is 1. The van der Waals surface area contributed by atoms with Crippen molar-refractivity contribution in [1.82, 2.24) is 0 Å². The summed E-state index contributed by atoms with van der Waals surface area (Å²) in [5.41, 5.74) is 3.41. The number of hydrogen-bond donors (Lipinski definition) is 1. The molecule has 3 aliphatic rings. The zero-order valence-corrected chi connectivity index (χ0v) is 27.9. The largest absolute Gasteiger partial charge is 0.497 e. The third-order valence-corrected chi connectivity index (χ3v) is 14.0. The van der Waals surface area contributed by atoms with E-state index in [1.54, 1.807) is 7.11 Å². The summed E-state index contributed by atoms with van der Waals surface area (Å²) < 4.78 is 29.3. The van der Waals surface area contributed by atoms with Gasteiger partial charge in [0.2, 0.25) is 6.29 Å². The fraction of sp³-hybridized carbons (Fsp3) is 0.647. The maximum atomic E-state index is 12.9. The Labute approximate surface area is 257 Å². The first-order valence-electron chi connectivity index (χ1n) is 15.7. The first-order valence-corrected chi connectivity index (χ1v) is 18.6. The van der Waals surface area contributed by atoms with Crippen molar-refractivity contribution in [2.45, 2.75) is 116 Å². The molecule has 0 aromatic heterocycles. The molecule has 1 N–H and O–H groups in total. The number of benzene rings is 1. The Balaban J connectivity index is 1.40. The summed E-state index contributed by atoms with van der Waals surface area (Å²) >= 11 is 0. The minimum absolute atomic E-state index is 0.0335. The predicted molar refractivity (Wildman–Crippen MR) is 167 cm³/mol. The third-order valence-electron chi connectivity index (χ3n) is 9.53. The fourth-order valence-corrected chi connectivity index (χ4v) is 7.55. The molecule has 0 amide bonds. The van der Waals surface area contributed by atoms with Crippen LogP contribution in [0, 0.1) is 11.8 Å². The van der Waals surface area contributed by atoms with Gasteiger partial charge >= 0.3 is 11.9 Å². The minimum Gasteiger partial charge on any atom is -0.497 e. The Morgan fingerprint density at radius 2 is 1.77 bits per heavy atom. The van der Waals surface area contributed by atoms with E-state index in [1.165, 1.54) is 12.5 Å². The van der Waals surface area contributed by atoms with Crippen LogP contribution in [0.5, 0.6) is 5.75 Å². The van der Waals surface area contributed by atoms with Crippen molar-refractivity contribution in [3.8, 4) is 5.75 Å². The molecule has 43 heavy (non-hydrogen) atoms. The van der Waals surface area contributed by atoms with E-state index >= 15 is 0 Å². The highest BCUT2D eigenvalue weighted by Crippen LogP contribution is 2.49. The van der Waals surface area contributed by atoms with E-state index in [2.05, 4.69) is 39.9 Å². The fourth-order valence-electron chi connectivity index (χ4n) is 6.18. The molecule has 1 aromatic carbocycles. The zero-order valence-electron chi connectivity index (χ0n) is 26.9. The topological polar surface area (TPSA) is 101 Å². The van der Waals surface area contributed by atoms with Crippen LogP contribution in [0.25, 0.3) is 0 Å². The van der Waals surface area contributed by atoms with Gasteiger partial charge in [0, 0.05) is 42.9 Å². The van der Waals surface area contributed by atoms with Gasteiger partial charge in [-0.25, -0.2) is 4.79 Å². The average molecular weight is 615 g/mol. The molecule has 5 atom stereocenters. The molecule has 0 saturated heterocycles. The number of aliphatic hydroxyl groups is 1. The highest BCUT2D eigenvalue weighted by molar-refractivity contribution is 6.74. The van der Waals surface area contributed by atoms with Crippen LogP contribution in [-0.2, 0) is 34.8 Å². The molecule has 0 radical (unpaired) electrons. The Bertz CT molecular complexity index is 1200. The van der Waals surface area contributed by atoms with Crippen molar-refractivity contribution in [3.63, 3.8) is 0 Å². The molecular formula is C34H50O8Si. The van der Waals surface area contributed by atoms with Crippen LogP contribution in [0.3, 0.4) is 0 Å². The van der Waals surface area contributed by atoms with Crippen LogP contribution >= 0.6 is 0 Å². The van der Waals surface area contributed by atoms with Gasteiger partial charge in [-0.15, -0.1) is 0 Å². The van der Waals surface area contributed by atoms with E-state index in [0.717, 1.165) is 56.4 Å². The normalized spacial score (nSPS) is 25.5. The van der Waals surface area contributed by atoms with Crippen molar-refractivity contribution in [2.75, 3.05) is 13.7 Å². The Kier molecular flexibility index (Phi) is 11.0. The summed E-state index contributed by atoms with van der Waals surface area (Å²) in [5, 5.41) is 10.8. The molecule has 9 heteroatoms. The molecule has 238 valence electrons. The quantitative estimate of drug-likeness (QED) is 0.115. The van der Waals surface area contributed by atoms with Gasteiger partial charge in [0.1, 0.15) is 11.9 Å². The number of aliphatic hydroxyl groups excluding tert-OH is 1. The van der Waals surface area contributed by atoms with E-state index in [9.17, 15) is 14.7 Å². The molecule has 1 unspecified atom stereocenters. The summed E-state index contributed by atoms with van der Waals surface area (Å²) in [5.74, 6) is -0.547. The number of rotatable bonds is 13. The molecule has 2 aliphatic carbocycles. The number of unbranched alkanes of at least 4 members (excludes halogenated alkanes) is 3. The van der Waals surface area contributed by atoms with Crippen LogP contribution in [-0.4, -0.2) is 57.6 Å². The van der Waals surface area contributed by atoms with Crippen LogP contribution in [0.2, 0.25) is 18.1 Å². The van der Waals surface area contributed by atoms with Crippen LogP contribution < -0.4 is 4.74 Å². The number of hydrogen-bond acceptors (Lipinski definition) is 8. The lowest BCUT2D eigenvalue weighted by Gasteiger charge is -2.44. The number of fused-ring (bicyclic) bond motifs is 3. The van der Waals surface area contributed by atoms with E-state index in [1.807, 2.05) is 24.3 Å². The summed E-state index contributed by atoms with van der Waals surface area (Å²) in [6, 6.07) is 7.93. The molecular weight excluding hydrogens is 564 g/mol. The summed E-state index contributed by atoms with van der Waals surface area (Å²) in [4.78, 5) is 25.2. The van der Waals surface area contributed by atoms with Gasteiger partial charge < -0.3 is 28.5 Å². The molecule has 0 spiro atoms. The number of carbonyl (C=O) groups excluding carboxylic acids is 2. The SMILES string of the molecule is COc1ccc(COCCCCCCC2=C[C@H]3C4=C(C[C@@H](O[Si](C)(C)C(C)(C)C)[C@@H](C2)[C@@H]3OC(C)=O)C(=O)OC4O)cc1. The second-order valence-electron chi connectivity index (χ2n) is 13.7. The number of esters is 2. The molecule has 1 heterocycles. The smallest absolute Gasteiger partial charge is 0.336 e. The Morgan fingerprint density at radius 3 is 2.42 bits per heavy atom. The summed E-state index contributed by atoms with van der Waals surface area (Å²) in [6.07, 6.45) is 6.15. The lowest BCUT2D eigenvalue weighted by molar-refractivity contribution is -0.159. The van der Waals surface area contributed by atoms with Crippen molar-refractivity contribution in [1.29, 1.82) is 0 Å². The van der Waals surface area contributed by atoms with Crippen molar-refractivity contribution >= 4 is 20.3 Å². The van der Waals surface area contributed by atoms with Gasteiger partial charge in [0.05, 0.1) is 19.8 Å². The Hall–Kier alpha value is -2.46. The summed E-state index contributed by atoms with van der Waals surface area (Å²) in [7, 11) is -0.572. The molecule has 0 fully saturated rings. The van der Waals surface area contributed by atoms with Crippen LogP contribution in [0.4, 0.5) is 0 Å². The zero-order chi connectivity index (χ0) is 31.4. The van der Waals surface area contributed by atoms with Gasteiger partial charge in [-0.2, -0.15) is 0 Å². The molecule has 0 saturated carbocycles. The van der Waals surface area contributed by atoms with Gasteiger partial charge in [0.15, 0.2) is 8.32 Å². The highest BCUT2D eigenvalue weighted by Gasteiger charge is 2.52. The van der Waals surface area contributed by atoms with Gasteiger partial charge in [-0.3, -0.25) is 4.79 Å². The molecule has 4 rings (SSSR count). The molecule has 2 bridgehead atoms. The first-order chi connectivity index (χ1) is 20.3. The average Bonchev–Trinajstić information content (AvgIpc) is 3.18. The number of methoxy groups -OCH3 is 1. The van der Waals surface area contributed by atoms with Gasteiger partial charge in [-0.05, 0) is 61.5 Å². The van der Waals surface area contributed by atoms with Gasteiger partial charge in [-0.1, -0.05) is 57.4 Å². The Morgan fingerprint density at radius 1 is 1.07 bits per heavy atom. The second-order valence-corrected chi connectivity index (χ2v) is 18.4. The van der Waals surface area contributed by atoms with Crippen molar-refractivity contribution in [2.24, 2.45) is 11.8 Å². The maximum absolute atomic E-state index is 12.9. The monoisotopic (exact) mass is 614 g/mol. The number of carbonyl (C=O) groups is 2. The molecule has 1 aliphatic heterocycles. The third kappa shape index (κ3) is 8.18. The predicted octanol–water partition coefficient (Wildman–Crippen LogP) is 6.62. The minimum atomic E-state index is -2.23. The molecule has 1 aromatic rings. The lowest BCUT2D eigenvalue weighted by Crippen LogP contribution is -2.50. The summed E-state index contributed by atoms with van der Waals surface area (Å²) in [6.45, 7) is 13.7.